The van der Waals surface area contributed by atoms with E-state index in [1.54, 1.807) is 31.2 Å². The van der Waals surface area contributed by atoms with Gasteiger partial charge in [-0.2, -0.15) is 0 Å². The molecule has 0 aliphatic heterocycles. The van der Waals surface area contributed by atoms with Crippen LogP contribution in [0.4, 0.5) is 5.69 Å². The minimum absolute atomic E-state index is 0.186. The number of sulfonamides is 1. The van der Waals surface area contributed by atoms with Gasteiger partial charge in [-0.05, 0) is 50.6 Å². The molecule has 0 radical (unpaired) electrons. The lowest BCUT2D eigenvalue weighted by molar-refractivity contribution is 0.102. The first-order valence-electron chi connectivity index (χ1n) is 7.54. The van der Waals surface area contributed by atoms with Crippen LogP contribution in [-0.4, -0.2) is 32.7 Å². The van der Waals surface area contributed by atoms with Crippen LogP contribution in [0.3, 0.4) is 0 Å². The Morgan fingerprint density at radius 3 is 2.08 bits per heavy atom. The van der Waals surface area contributed by atoms with E-state index in [9.17, 15) is 13.2 Å². The van der Waals surface area contributed by atoms with Gasteiger partial charge in [0.25, 0.3) is 5.91 Å². The fourth-order valence-corrected chi connectivity index (χ4v) is 3.61. The van der Waals surface area contributed by atoms with Gasteiger partial charge in [-0.1, -0.05) is 23.3 Å². The maximum Gasteiger partial charge on any atom is 0.255 e. The van der Waals surface area contributed by atoms with Crippen molar-refractivity contribution in [2.75, 3.05) is 19.4 Å². The van der Waals surface area contributed by atoms with Crippen molar-refractivity contribution in [3.8, 4) is 0 Å². The first-order chi connectivity index (χ1) is 11.1. The van der Waals surface area contributed by atoms with Crippen LogP contribution in [0.2, 0.25) is 0 Å². The average molecular weight is 346 g/mol. The zero-order valence-corrected chi connectivity index (χ0v) is 15.4. The van der Waals surface area contributed by atoms with Gasteiger partial charge in [0, 0.05) is 25.3 Å². The van der Waals surface area contributed by atoms with Crippen molar-refractivity contribution in [3.63, 3.8) is 0 Å². The van der Waals surface area contributed by atoms with Crippen molar-refractivity contribution < 1.29 is 13.2 Å². The predicted molar refractivity (Wildman–Crippen MR) is 95.9 cm³/mol. The van der Waals surface area contributed by atoms with Crippen LogP contribution in [0.5, 0.6) is 0 Å². The number of hydrogen-bond donors (Lipinski definition) is 1. The summed E-state index contributed by atoms with van der Waals surface area (Å²) < 4.78 is 25.9. The maximum atomic E-state index is 12.4. The van der Waals surface area contributed by atoms with E-state index in [0.29, 0.717) is 16.8 Å². The molecule has 0 spiro atoms. The van der Waals surface area contributed by atoms with Crippen molar-refractivity contribution in [1.29, 1.82) is 0 Å². The number of aryl methyl sites for hydroxylation is 3. The lowest BCUT2D eigenvalue weighted by atomic mass is 10.1. The quantitative estimate of drug-likeness (QED) is 0.925. The van der Waals surface area contributed by atoms with E-state index in [1.807, 2.05) is 19.9 Å². The Hall–Kier alpha value is -2.18. The van der Waals surface area contributed by atoms with E-state index >= 15 is 0 Å². The smallest absolute Gasteiger partial charge is 0.255 e. The Morgan fingerprint density at radius 1 is 0.958 bits per heavy atom. The van der Waals surface area contributed by atoms with Gasteiger partial charge in [-0.25, -0.2) is 12.7 Å². The summed E-state index contributed by atoms with van der Waals surface area (Å²) in [5.74, 6) is -0.265. The molecular formula is C18H22N2O3S. The monoisotopic (exact) mass is 346 g/mol. The summed E-state index contributed by atoms with van der Waals surface area (Å²) in [7, 11) is -0.599. The van der Waals surface area contributed by atoms with E-state index in [2.05, 4.69) is 5.32 Å². The van der Waals surface area contributed by atoms with E-state index in [4.69, 9.17) is 0 Å². The normalized spacial score (nSPS) is 11.6. The van der Waals surface area contributed by atoms with Gasteiger partial charge in [0.15, 0.2) is 0 Å². The van der Waals surface area contributed by atoms with Crippen LogP contribution in [-0.2, 0) is 10.0 Å². The molecule has 5 nitrogen and oxygen atoms in total. The predicted octanol–water partition coefficient (Wildman–Crippen LogP) is 3.11. The molecule has 0 bridgehead atoms. The molecule has 2 rings (SSSR count). The standard InChI is InChI=1S/C18H22N2O3S/c1-12-8-13(2)10-15(9-12)18(21)19-16-7-6-14(3)17(11-16)24(22,23)20(4)5/h6-11H,1-5H3,(H,19,21). The van der Waals surface area contributed by atoms with Crippen LogP contribution >= 0.6 is 0 Å². The van der Waals surface area contributed by atoms with E-state index < -0.39 is 10.0 Å². The molecule has 0 aliphatic carbocycles. The topological polar surface area (TPSA) is 66.5 Å². The molecule has 0 fully saturated rings. The highest BCUT2D eigenvalue weighted by molar-refractivity contribution is 7.89. The highest BCUT2D eigenvalue weighted by Gasteiger charge is 2.20. The minimum Gasteiger partial charge on any atom is -0.322 e. The molecule has 0 unspecified atom stereocenters. The number of carbonyl (C=O) groups excluding carboxylic acids is 1. The number of rotatable bonds is 4. The van der Waals surface area contributed by atoms with Gasteiger partial charge in [0.05, 0.1) is 4.90 Å². The Bertz CT molecular complexity index is 867. The van der Waals surface area contributed by atoms with Crippen molar-refractivity contribution in [2.45, 2.75) is 25.7 Å². The summed E-state index contributed by atoms with van der Waals surface area (Å²) in [5, 5.41) is 2.77. The number of carbonyl (C=O) groups is 1. The molecule has 1 N–H and O–H groups in total. The second-order valence-corrected chi connectivity index (χ2v) is 8.22. The molecule has 2 aromatic carbocycles. The summed E-state index contributed by atoms with van der Waals surface area (Å²) in [4.78, 5) is 12.6. The van der Waals surface area contributed by atoms with Gasteiger partial charge < -0.3 is 5.32 Å². The third-order valence-electron chi connectivity index (χ3n) is 3.69. The van der Waals surface area contributed by atoms with Crippen LogP contribution in [0.15, 0.2) is 41.3 Å². The summed E-state index contributed by atoms with van der Waals surface area (Å²) in [6.45, 7) is 5.58. The zero-order chi connectivity index (χ0) is 18.1. The Morgan fingerprint density at radius 2 is 1.54 bits per heavy atom. The van der Waals surface area contributed by atoms with E-state index in [0.717, 1.165) is 15.4 Å². The Balaban J connectivity index is 2.36. The lowest BCUT2D eigenvalue weighted by Gasteiger charge is -2.15. The summed E-state index contributed by atoms with van der Waals surface area (Å²) in [5.41, 5.74) is 3.63. The molecule has 2 aromatic rings. The van der Waals surface area contributed by atoms with Crippen molar-refractivity contribution in [2.24, 2.45) is 0 Å². The summed E-state index contributed by atoms with van der Waals surface area (Å²) in [6, 6.07) is 10.5. The Kier molecular flexibility index (Phi) is 5.11. The number of nitrogens with zero attached hydrogens (tertiary/aromatic N) is 1. The maximum absolute atomic E-state index is 12.4. The molecule has 0 aromatic heterocycles. The SMILES string of the molecule is Cc1cc(C)cc(C(=O)Nc2ccc(C)c(S(=O)(=O)N(C)C)c2)c1. The van der Waals surface area contributed by atoms with Gasteiger partial charge >= 0.3 is 0 Å². The van der Waals surface area contributed by atoms with Crippen molar-refractivity contribution >= 4 is 21.6 Å². The fraction of sp³-hybridized carbons (Fsp3) is 0.278. The fourth-order valence-electron chi connectivity index (χ4n) is 2.46. The van der Waals surface area contributed by atoms with Crippen molar-refractivity contribution in [1.82, 2.24) is 4.31 Å². The highest BCUT2D eigenvalue weighted by Crippen LogP contribution is 2.23. The summed E-state index contributed by atoms with van der Waals surface area (Å²) in [6.07, 6.45) is 0. The molecule has 0 saturated heterocycles. The van der Waals surface area contributed by atoms with E-state index in [1.165, 1.54) is 20.2 Å². The number of anilines is 1. The number of benzene rings is 2. The third kappa shape index (κ3) is 3.83. The number of nitrogens with one attached hydrogen (secondary N) is 1. The largest absolute Gasteiger partial charge is 0.322 e. The molecule has 0 heterocycles. The zero-order valence-electron chi connectivity index (χ0n) is 14.5. The second-order valence-electron chi connectivity index (χ2n) is 6.10. The second kappa shape index (κ2) is 6.75. The van der Waals surface area contributed by atoms with Crippen LogP contribution in [0, 0.1) is 20.8 Å². The summed E-state index contributed by atoms with van der Waals surface area (Å²) >= 11 is 0. The lowest BCUT2D eigenvalue weighted by Crippen LogP contribution is -2.23. The van der Waals surface area contributed by atoms with E-state index in [-0.39, 0.29) is 10.8 Å². The Labute approximate surface area is 143 Å². The van der Waals surface area contributed by atoms with Crippen LogP contribution in [0.1, 0.15) is 27.0 Å². The molecule has 1 amide bonds. The first kappa shape index (κ1) is 18.2. The van der Waals surface area contributed by atoms with Gasteiger partial charge in [0.1, 0.15) is 0 Å². The molecule has 128 valence electrons. The number of amides is 1. The third-order valence-corrected chi connectivity index (χ3v) is 5.65. The average Bonchev–Trinajstić information content (AvgIpc) is 2.47. The van der Waals surface area contributed by atoms with Crippen LogP contribution < -0.4 is 5.32 Å². The molecule has 0 saturated carbocycles. The molecular weight excluding hydrogens is 324 g/mol. The molecule has 0 aliphatic rings. The molecule has 6 heteroatoms. The molecule has 24 heavy (non-hydrogen) atoms. The van der Waals surface area contributed by atoms with Crippen LogP contribution in [0.25, 0.3) is 0 Å². The first-order valence-corrected chi connectivity index (χ1v) is 8.98. The highest BCUT2D eigenvalue weighted by atomic mass is 32.2. The molecule has 0 atom stereocenters. The van der Waals surface area contributed by atoms with Crippen molar-refractivity contribution in [3.05, 3.63) is 58.7 Å². The van der Waals surface area contributed by atoms with Gasteiger partial charge in [0.2, 0.25) is 10.0 Å². The minimum atomic E-state index is -3.56. The van der Waals surface area contributed by atoms with Gasteiger partial charge in [-0.3, -0.25) is 4.79 Å². The number of hydrogen-bond acceptors (Lipinski definition) is 3. The van der Waals surface area contributed by atoms with Gasteiger partial charge in [-0.15, -0.1) is 0 Å².